The van der Waals surface area contributed by atoms with Gasteiger partial charge >= 0.3 is 6.09 Å². The normalized spacial score (nSPS) is 14.1. The number of para-hydroxylation sites is 1. The lowest BCUT2D eigenvalue weighted by Gasteiger charge is -2.12. The van der Waals surface area contributed by atoms with Crippen molar-refractivity contribution in [1.29, 1.82) is 0 Å². The highest BCUT2D eigenvalue weighted by molar-refractivity contribution is 5.94. The van der Waals surface area contributed by atoms with E-state index in [4.69, 9.17) is 9.47 Å². The zero-order chi connectivity index (χ0) is 22.9. The third-order valence-corrected chi connectivity index (χ3v) is 5.54. The first kappa shape index (κ1) is 22.4. The van der Waals surface area contributed by atoms with Crippen molar-refractivity contribution in [1.82, 2.24) is 10.6 Å². The van der Waals surface area contributed by atoms with Crippen molar-refractivity contribution in [2.24, 2.45) is 0 Å². The molecule has 0 bridgehead atoms. The van der Waals surface area contributed by atoms with Gasteiger partial charge in [0.1, 0.15) is 18.5 Å². The van der Waals surface area contributed by atoms with Crippen molar-refractivity contribution >= 4 is 12.0 Å². The van der Waals surface area contributed by atoms with Gasteiger partial charge in [-0.15, -0.1) is 0 Å². The highest BCUT2D eigenvalue weighted by Gasteiger charge is 2.22. The number of aryl methyl sites for hydroxylation is 1. The van der Waals surface area contributed by atoms with Crippen LogP contribution in [0.5, 0.6) is 5.75 Å². The number of carbonyl (C=O) groups is 2. The minimum absolute atomic E-state index is 0.0506. The molecule has 170 valence electrons. The Morgan fingerprint density at radius 2 is 1.61 bits per heavy atom. The predicted molar refractivity (Wildman–Crippen MR) is 126 cm³/mol. The second-order valence-electron chi connectivity index (χ2n) is 8.05. The van der Waals surface area contributed by atoms with Crippen LogP contribution in [-0.4, -0.2) is 31.2 Å². The Kier molecular flexibility index (Phi) is 7.59. The maximum atomic E-state index is 12.0. The van der Waals surface area contributed by atoms with E-state index in [0.717, 1.165) is 36.1 Å². The summed E-state index contributed by atoms with van der Waals surface area (Å²) in [5, 5.41) is 5.71. The van der Waals surface area contributed by atoms with Crippen molar-refractivity contribution < 1.29 is 19.1 Å². The lowest BCUT2D eigenvalue weighted by atomic mass is 10.1. The lowest BCUT2D eigenvalue weighted by molar-refractivity contribution is 0.0953. The third-order valence-electron chi connectivity index (χ3n) is 5.54. The Balaban J connectivity index is 1.11. The molecule has 0 radical (unpaired) electrons. The first-order chi connectivity index (χ1) is 16.2. The summed E-state index contributed by atoms with van der Waals surface area (Å²) in [5.74, 6) is 0.835. The van der Waals surface area contributed by atoms with E-state index in [9.17, 15) is 9.59 Å². The van der Waals surface area contributed by atoms with E-state index in [1.54, 1.807) is 12.1 Å². The smallest absolute Gasteiger partial charge is 0.407 e. The molecular weight excluding hydrogens is 416 g/mol. The molecule has 3 aromatic carbocycles. The minimum Gasteiger partial charge on any atom is -0.488 e. The molecular formula is C27H28N2O4. The Hall–Kier alpha value is -3.80. The second kappa shape index (κ2) is 11.2. The largest absolute Gasteiger partial charge is 0.488 e. The average molecular weight is 445 g/mol. The van der Waals surface area contributed by atoms with Crippen molar-refractivity contribution in [3.63, 3.8) is 0 Å². The van der Waals surface area contributed by atoms with Gasteiger partial charge in [-0.25, -0.2) is 4.79 Å². The van der Waals surface area contributed by atoms with Gasteiger partial charge < -0.3 is 20.1 Å². The number of amides is 2. The van der Waals surface area contributed by atoms with Crippen LogP contribution in [0.25, 0.3) is 0 Å². The van der Waals surface area contributed by atoms with Crippen LogP contribution in [0.2, 0.25) is 0 Å². The molecule has 1 aliphatic rings. The molecule has 6 nitrogen and oxygen atoms in total. The van der Waals surface area contributed by atoms with Crippen molar-refractivity contribution in [3.05, 3.63) is 101 Å². The Morgan fingerprint density at radius 3 is 2.39 bits per heavy atom. The number of carbonyl (C=O) groups excluding carboxylic acids is 2. The number of hydrogen-bond acceptors (Lipinski definition) is 4. The summed E-state index contributed by atoms with van der Waals surface area (Å²) in [5.41, 5.74) is 3.94. The summed E-state index contributed by atoms with van der Waals surface area (Å²) in [6, 6.07) is 25.1. The topological polar surface area (TPSA) is 76.7 Å². The fourth-order valence-electron chi connectivity index (χ4n) is 3.75. The van der Waals surface area contributed by atoms with E-state index >= 15 is 0 Å². The van der Waals surface area contributed by atoms with Gasteiger partial charge in [0.05, 0.1) is 6.54 Å². The highest BCUT2D eigenvalue weighted by atomic mass is 16.5. The summed E-state index contributed by atoms with van der Waals surface area (Å²) in [4.78, 5) is 24.1. The van der Waals surface area contributed by atoms with Gasteiger partial charge in [0.2, 0.25) is 0 Å². The van der Waals surface area contributed by atoms with Gasteiger partial charge in [-0.05, 0) is 47.7 Å². The molecule has 3 aromatic rings. The van der Waals surface area contributed by atoms with Gasteiger partial charge in [-0.3, -0.25) is 4.79 Å². The summed E-state index contributed by atoms with van der Waals surface area (Å²) in [7, 11) is 0. The number of nitrogens with one attached hydrogen (secondary N) is 2. The van der Waals surface area contributed by atoms with E-state index in [1.165, 1.54) is 5.56 Å². The molecule has 1 aliphatic heterocycles. The highest BCUT2D eigenvalue weighted by Crippen LogP contribution is 2.27. The molecule has 33 heavy (non-hydrogen) atoms. The molecule has 2 amide bonds. The van der Waals surface area contributed by atoms with Crippen LogP contribution in [-0.2, 0) is 24.2 Å². The fourth-order valence-corrected chi connectivity index (χ4v) is 3.75. The molecule has 0 aromatic heterocycles. The molecule has 0 fully saturated rings. The quantitative estimate of drug-likeness (QED) is 0.483. The van der Waals surface area contributed by atoms with Gasteiger partial charge in [-0.2, -0.15) is 0 Å². The van der Waals surface area contributed by atoms with Crippen LogP contribution < -0.4 is 15.4 Å². The monoisotopic (exact) mass is 444 g/mol. The molecule has 0 saturated carbocycles. The van der Waals surface area contributed by atoms with E-state index in [-0.39, 0.29) is 18.6 Å². The van der Waals surface area contributed by atoms with Crippen molar-refractivity contribution in [2.75, 3.05) is 13.1 Å². The summed E-state index contributed by atoms with van der Waals surface area (Å²) < 4.78 is 11.1. The maximum Gasteiger partial charge on any atom is 0.407 e. The number of ether oxygens (including phenoxy) is 2. The molecule has 1 heterocycles. The molecule has 4 rings (SSSR count). The lowest BCUT2D eigenvalue weighted by Crippen LogP contribution is -2.34. The molecule has 1 atom stereocenters. The zero-order valence-corrected chi connectivity index (χ0v) is 18.5. The second-order valence-corrected chi connectivity index (χ2v) is 8.05. The number of hydrogen-bond donors (Lipinski definition) is 2. The van der Waals surface area contributed by atoms with Crippen LogP contribution in [0.4, 0.5) is 4.79 Å². The van der Waals surface area contributed by atoms with Crippen LogP contribution in [0, 0.1) is 0 Å². The van der Waals surface area contributed by atoms with Gasteiger partial charge in [-0.1, -0.05) is 60.7 Å². The number of fused-ring (bicyclic) bond motifs is 1. The van der Waals surface area contributed by atoms with E-state index in [1.807, 2.05) is 66.7 Å². The van der Waals surface area contributed by atoms with Crippen LogP contribution in [0.3, 0.4) is 0 Å². The van der Waals surface area contributed by atoms with Crippen molar-refractivity contribution in [3.8, 4) is 5.75 Å². The first-order valence-electron chi connectivity index (χ1n) is 11.2. The molecule has 1 unspecified atom stereocenters. The summed E-state index contributed by atoms with van der Waals surface area (Å²) in [6.07, 6.45) is 1.98. The van der Waals surface area contributed by atoms with Gasteiger partial charge in [0.25, 0.3) is 5.91 Å². The maximum absolute atomic E-state index is 12.0. The number of benzene rings is 3. The van der Waals surface area contributed by atoms with Gasteiger partial charge in [0, 0.05) is 18.5 Å². The zero-order valence-electron chi connectivity index (χ0n) is 18.5. The molecule has 6 heteroatoms. The van der Waals surface area contributed by atoms with Crippen LogP contribution in [0.1, 0.15) is 33.5 Å². The van der Waals surface area contributed by atoms with Crippen molar-refractivity contribution in [2.45, 2.75) is 32.0 Å². The minimum atomic E-state index is -0.451. The van der Waals surface area contributed by atoms with E-state index < -0.39 is 6.09 Å². The van der Waals surface area contributed by atoms with Crippen LogP contribution >= 0.6 is 0 Å². The molecule has 0 aliphatic carbocycles. The van der Waals surface area contributed by atoms with Gasteiger partial charge in [0.15, 0.2) is 0 Å². The Bertz CT molecular complexity index is 1040. The number of alkyl carbamates (subject to hydrolysis) is 1. The summed E-state index contributed by atoms with van der Waals surface area (Å²) in [6.45, 7) is 1.24. The third kappa shape index (κ3) is 6.59. The van der Waals surface area contributed by atoms with Crippen LogP contribution in [0.15, 0.2) is 78.9 Å². The fraction of sp³-hybridized carbons (Fsp3) is 0.259. The SMILES string of the molecule is O=C(NCC1Cc2ccccc2O1)OCc1ccc(CCCNC(=O)c2ccccc2)cc1. The standard InChI is InChI=1S/C27H28N2O4/c30-26(22-8-2-1-3-9-22)28-16-6-7-20-12-14-21(15-13-20)19-32-27(31)29-18-24-17-23-10-4-5-11-25(23)33-24/h1-5,8-15,24H,6-7,16-19H2,(H,28,30)(H,29,31). The Morgan fingerprint density at radius 1 is 0.879 bits per heavy atom. The average Bonchev–Trinajstić information content (AvgIpc) is 3.28. The number of rotatable bonds is 9. The molecule has 0 spiro atoms. The first-order valence-corrected chi connectivity index (χ1v) is 11.2. The van der Waals surface area contributed by atoms with E-state index in [0.29, 0.717) is 18.7 Å². The summed E-state index contributed by atoms with van der Waals surface area (Å²) >= 11 is 0. The predicted octanol–water partition coefficient (Wildman–Crippen LogP) is 4.28. The molecule has 2 N–H and O–H groups in total. The Labute approximate surface area is 193 Å². The molecule has 0 saturated heterocycles. The van der Waals surface area contributed by atoms with E-state index in [2.05, 4.69) is 10.6 Å².